The van der Waals surface area contributed by atoms with E-state index in [4.69, 9.17) is 23.7 Å². The Morgan fingerprint density at radius 3 is 1.46 bits per heavy atom. The molecule has 0 N–H and O–H groups in total. The minimum absolute atomic E-state index is 0.0610. The first-order valence-corrected chi connectivity index (χ1v) is 14.9. The van der Waals surface area contributed by atoms with Gasteiger partial charge in [0.05, 0.1) is 11.1 Å². The zero-order valence-corrected chi connectivity index (χ0v) is 27.2. The third kappa shape index (κ3) is 9.89. The predicted molar refractivity (Wildman–Crippen MR) is 168 cm³/mol. The van der Waals surface area contributed by atoms with Crippen molar-refractivity contribution in [2.24, 2.45) is 0 Å². The number of halogens is 2. The van der Waals surface area contributed by atoms with Crippen LogP contribution >= 0.6 is 0 Å². The molecule has 0 amide bonds. The molecule has 0 aliphatic heterocycles. The molecule has 8 nitrogen and oxygen atoms in total. The summed E-state index contributed by atoms with van der Waals surface area (Å²) in [5.74, 6) is -3.50. The summed E-state index contributed by atoms with van der Waals surface area (Å²) in [7, 11) is 0. The molecule has 0 aliphatic carbocycles. The van der Waals surface area contributed by atoms with Gasteiger partial charge in [0.1, 0.15) is 51.4 Å². The van der Waals surface area contributed by atoms with Crippen LogP contribution in [0.5, 0.6) is 23.0 Å². The van der Waals surface area contributed by atoms with E-state index < -0.39 is 46.3 Å². The van der Waals surface area contributed by atoms with Crippen molar-refractivity contribution in [1.29, 1.82) is 0 Å². The fourth-order valence-corrected chi connectivity index (χ4v) is 4.53. The van der Waals surface area contributed by atoms with Crippen molar-refractivity contribution >= 4 is 17.9 Å². The third-order valence-corrected chi connectivity index (χ3v) is 7.11. The van der Waals surface area contributed by atoms with Gasteiger partial charge >= 0.3 is 17.9 Å². The third-order valence-electron chi connectivity index (χ3n) is 7.11. The second-order valence-electron chi connectivity index (χ2n) is 12.3. The minimum Gasteiger partial charge on any atom is -0.488 e. The SMILES string of the molecule is C=CC(=O)OC(C)(CC)CC(C)(CC)Oc1ccc(C(=O)Oc2ccc(OC(=O)c3ccc(OC(C)(C)C)cc3F)cc2)c(F)c1. The molecule has 0 heterocycles. The summed E-state index contributed by atoms with van der Waals surface area (Å²) < 4.78 is 57.4. The number of hydrogen-bond acceptors (Lipinski definition) is 8. The molecule has 46 heavy (non-hydrogen) atoms. The highest BCUT2D eigenvalue weighted by Crippen LogP contribution is 2.34. The van der Waals surface area contributed by atoms with E-state index in [1.54, 1.807) is 6.92 Å². The Morgan fingerprint density at radius 1 is 0.674 bits per heavy atom. The molecule has 246 valence electrons. The standard InChI is InChI=1S/C36H40F2O8/c1-9-31(39)46-36(8,11-3)22-35(7,10-2)45-26-17-19-28(30(38)21-26)33(41)43-24-14-12-23(13-15-24)42-32(40)27-18-16-25(20-29(27)37)44-34(4,5)6/h9,12-21H,1,10-11,22H2,2-8H3. The van der Waals surface area contributed by atoms with Crippen LogP contribution in [-0.4, -0.2) is 34.7 Å². The lowest BCUT2D eigenvalue weighted by molar-refractivity contribution is -0.157. The maximum absolute atomic E-state index is 15.1. The lowest BCUT2D eigenvalue weighted by Gasteiger charge is -2.38. The largest absolute Gasteiger partial charge is 0.488 e. The Balaban J connectivity index is 1.64. The average molecular weight is 639 g/mol. The predicted octanol–water partition coefficient (Wildman–Crippen LogP) is 8.42. The molecule has 0 fully saturated rings. The number of ether oxygens (including phenoxy) is 5. The normalized spacial score (nSPS) is 13.8. The summed E-state index contributed by atoms with van der Waals surface area (Å²) in [6, 6.07) is 13.1. The van der Waals surface area contributed by atoms with E-state index in [1.807, 2.05) is 41.5 Å². The Hall–Kier alpha value is -4.73. The molecule has 2 unspecified atom stereocenters. The number of carbonyl (C=O) groups excluding carboxylic acids is 3. The second-order valence-corrected chi connectivity index (χ2v) is 12.3. The van der Waals surface area contributed by atoms with Gasteiger partial charge in [-0.15, -0.1) is 0 Å². The summed E-state index contributed by atoms with van der Waals surface area (Å²) in [5, 5.41) is 0. The smallest absolute Gasteiger partial charge is 0.346 e. The van der Waals surface area contributed by atoms with E-state index in [-0.39, 0.29) is 34.1 Å². The zero-order valence-electron chi connectivity index (χ0n) is 27.2. The first-order valence-electron chi connectivity index (χ1n) is 14.9. The minimum atomic E-state index is -0.957. The molecule has 3 aromatic carbocycles. The van der Waals surface area contributed by atoms with Crippen LogP contribution in [0.4, 0.5) is 8.78 Å². The molecule has 10 heteroatoms. The average Bonchev–Trinajstić information content (AvgIpc) is 2.97. The molecule has 3 aromatic rings. The number of benzene rings is 3. The fraction of sp³-hybridized carbons (Fsp3) is 0.361. The van der Waals surface area contributed by atoms with Crippen LogP contribution in [0.15, 0.2) is 73.3 Å². The summed E-state index contributed by atoms with van der Waals surface area (Å²) in [6.07, 6.45) is 2.48. The fourth-order valence-electron chi connectivity index (χ4n) is 4.53. The molecule has 3 rings (SSSR count). The van der Waals surface area contributed by atoms with E-state index >= 15 is 4.39 Å². The lowest BCUT2D eigenvalue weighted by atomic mass is 9.85. The maximum atomic E-state index is 15.1. The van der Waals surface area contributed by atoms with Crippen molar-refractivity contribution in [1.82, 2.24) is 0 Å². The van der Waals surface area contributed by atoms with E-state index in [0.29, 0.717) is 19.3 Å². The van der Waals surface area contributed by atoms with Crippen LogP contribution in [0.3, 0.4) is 0 Å². The molecular weight excluding hydrogens is 598 g/mol. The highest BCUT2D eigenvalue weighted by atomic mass is 19.1. The quantitative estimate of drug-likeness (QED) is 0.105. The Kier molecular flexibility index (Phi) is 11.3. The molecule has 0 aliphatic rings. The van der Waals surface area contributed by atoms with Gasteiger partial charge in [0, 0.05) is 24.6 Å². The Labute approximate surface area is 268 Å². The van der Waals surface area contributed by atoms with Crippen molar-refractivity contribution in [3.05, 3.63) is 96.1 Å². The van der Waals surface area contributed by atoms with Gasteiger partial charge in [0.2, 0.25) is 0 Å². The summed E-state index contributed by atoms with van der Waals surface area (Å²) in [4.78, 5) is 37.1. The van der Waals surface area contributed by atoms with Crippen LogP contribution in [0.2, 0.25) is 0 Å². The molecule has 0 saturated heterocycles. The van der Waals surface area contributed by atoms with Gasteiger partial charge in [0.15, 0.2) is 0 Å². The highest BCUT2D eigenvalue weighted by Gasteiger charge is 2.38. The van der Waals surface area contributed by atoms with E-state index in [2.05, 4.69) is 6.58 Å². The Morgan fingerprint density at radius 2 is 1.09 bits per heavy atom. The van der Waals surface area contributed by atoms with Gasteiger partial charge in [-0.25, -0.2) is 23.2 Å². The topological polar surface area (TPSA) is 97.4 Å². The maximum Gasteiger partial charge on any atom is 0.346 e. The highest BCUT2D eigenvalue weighted by molar-refractivity contribution is 5.92. The van der Waals surface area contributed by atoms with Gasteiger partial charge in [0.25, 0.3) is 0 Å². The zero-order chi connectivity index (χ0) is 34.3. The van der Waals surface area contributed by atoms with Crippen molar-refractivity contribution < 1.29 is 46.8 Å². The van der Waals surface area contributed by atoms with E-state index in [9.17, 15) is 18.8 Å². The van der Waals surface area contributed by atoms with Crippen LogP contribution in [-0.2, 0) is 9.53 Å². The summed E-state index contributed by atoms with van der Waals surface area (Å²) in [5.41, 5.74) is -2.80. The van der Waals surface area contributed by atoms with Crippen LogP contribution in [0.25, 0.3) is 0 Å². The first kappa shape index (κ1) is 35.7. The van der Waals surface area contributed by atoms with Crippen LogP contribution in [0, 0.1) is 11.6 Å². The molecule has 2 atom stereocenters. The van der Waals surface area contributed by atoms with Crippen molar-refractivity contribution in [2.75, 3.05) is 0 Å². The van der Waals surface area contributed by atoms with Gasteiger partial charge < -0.3 is 23.7 Å². The molecule has 0 radical (unpaired) electrons. The Bertz CT molecular complexity index is 1580. The number of carbonyl (C=O) groups is 3. The summed E-state index contributed by atoms with van der Waals surface area (Å²) >= 11 is 0. The van der Waals surface area contributed by atoms with E-state index in [1.165, 1.54) is 48.5 Å². The van der Waals surface area contributed by atoms with Gasteiger partial charge in [-0.1, -0.05) is 20.4 Å². The number of rotatable bonds is 13. The van der Waals surface area contributed by atoms with Crippen molar-refractivity contribution in [3.8, 4) is 23.0 Å². The van der Waals surface area contributed by atoms with Crippen LogP contribution < -0.4 is 18.9 Å². The van der Waals surface area contributed by atoms with Crippen LogP contribution in [0.1, 0.15) is 88.4 Å². The van der Waals surface area contributed by atoms with Gasteiger partial charge in [-0.3, -0.25) is 0 Å². The monoisotopic (exact) mass is 638 g/mol. The summed E-state index contributed by atoms with van der Waals surface area (Å²) in [6.45, 7) is 16.3. The molecule has 0 spiro atoms. The van der Waals surface area contributed by atoms with Crippen molar-refractivity contribution in [3.63, 3.8) is 0 Å². The second kappa shape index (κ2) is 14.6. The molecule has 0 saturated carbocycles. The number of hydrogen-bond donors (Lipinski definition) is 0. The lowest BCUT2D eigenvalue weighted by Crippen LogP contribution is -2.43. The molecular formula is C36H40F2O8. The van der Waals surface area contributed by atoms with E-state index in [0.717, 1.165) is 18.2 Å². The molecule has 0 aromatic heterocycles. The molecule has 0 bridgehead atoms. The number of esters is 3. The van der Waals surface area contributed by atoms with Gasteiger partial charge in [-0.2, -0.15) is 0 Å². The van der Waals surface area contributed by atoms with Gasteiger partial charge in [-0.05, 0) is 96.0 Å². The first-order chi connectivity index (χ1) is 21.5. The van der Waals surface area contributed by atoms with Crippen molar-refractivity contribution in [2.45, 2.75) is 84.5 Å².